The van der Waals surface area contributed by atoms with Crippen molar-refractivity contribution in [1.29, 1.82) is 0 Å². The largest absolute Gasteiger partial charge is 0.573 e. The van der Waals surface area contributed by atoms with Gasteiger partial charge >= 0.3 is 6.36 Å². The smallest absolute Gasteiger partial charge is 0.406 e. The van der Waals surface area contributed by atoms with Crippen LogP contribution in [0.3, 0.4) is 0 Å². The van der Waals surface area contributed by atoms with Gasteiger partial charge in [0, 0.05) is 5.56 Å². The number of thioether (sulfide) groups is 1. The molecule has 232 valence electrons. The van der Waals surface area contributed by atoms with Crippen molar-refractivity contribution in [2.45, 2.75) is 33.1 Å². The van der Waals surface area contributed by atoms with E-state index in [9.17, 15) is 22.8 Å². The lowest BCUT2D eigenvalue weighted by molar-refractivity contribution is -0.274. The maximum atomic E-state index is 15.2. The predicted octanol–water partition coefficient (Wildman–Crippen LogP) is 7.19. The fraction of sp³-hybridized carbons (Fsp3) is 0.194. The van der Waals surface area contributed by atoms with Crippen molar-refractivity contribution in [2.24, 2.45) is 10.1 Å². The Morgan fingerprint density at radius 3 is 2.53 bits per heavy atom. The molecule has 0 bridgehead atoms. The van der Waals surface area contributed by atoms with Gasteiger partial charge in [-0.2, -0.15) is 15.2 Å². The molecule has 1 fully saturated rings. The van der Waals surface area contributed by atoms with Gasteiger partial charge in [-0.1, -0.05) is 49.9 Å². The monoisotopic (exact) mass is 638 g/mol. The SMILES string of the molecule is Cc1nn(-c2ccc(C=NN3C(=O)CSC3=Nc3ccccc3C(C)C)cc2F)cc1NC(=O)c1ccc(OC(F)(F)F)cc1. The molecule has 0 radical (unpaired) electrons. The second-order valence-corrected chi connectivity index (χ2v) is 11.1. The molecule has 14 heteroatoms. The number of aliphatic imine (C=N–C) groups is 1. The molecule has 1 aromatic heterocycles. The summed E-state index contributed by atoms with van der Waals surface area (Å²) in [7, 11) is 0. The maximum absolute atomic E-state index is 15.2. The van der Waals surface area contributed by atoms with Crippen LogP contribution in [0.5, 0.6) is 5.75 Å². The third-order valence-corrected chi connectivity index (χ3v) is 7.47. The predicted molar refractivity (Wildman–Crippen MR) is 164 cm³/mol. The van der Waals surface area contributed by atoms with Gasteiger partial charge in [0.15, 0.2) is 5.17 Å². The van der Waals surface area contributed by atoms with Crippen LogP contribution in [0.15, 0.2) is 83.0 Å². The van der Waals surface area contributed by atoms with Gasteiger partial charge < -0.3 is 10.1 Å². The number of aryl methyl sites for hydroxylation is 1. The molecule has 1 aliphatic rings. The number of nitrogens with one attached hydrogen (secondary N) is 1. The van der Waals surface area contributed by atoms with Gasteiger partial charge in [-0.25, -0.2) is 14.1 Å². The Morgan fingerprint density at radius 1 is 1.11 bits per heavy atom. The van der Waals surface area contributed by atoms with Crippen LogP contribution in [0, 0.1) is 12.7 Å². The average Bonchev–Trinajstić information content (AvgIpc) is 3.52. The van der Waals surface area contributed by atoms with E-state index in [-0.39, 0.29) is 34.5 Å². The number of amidine groups is 1. The van der Waals surface area contributed by atoms with E-state index >= 15 is 4.39 Å². The molecule has 0 unspecified atom stereocenters. The third-order valence-electron chi connectivity index (χ3n) is 6.56. The molecule has 1 aliphatic heterocycles. The summed E-state index contributed by atoms with van der Waals surface area (Å²) in [6, 6.07) is 16.4. The van der Waals surface area contributed by atoms with Gasteiger partial charge in [0.1, 0.15) is 17.3 Å². The highest BCUT2D eigenvalue weighted by Gasteiger charge is 2.31. The third kappa shape index (κ3) is 7.58. The normalized spacial score (nSPS) is 14.6. The van der Waals surface area contributed by atoms with Crippen molar-refractivity contribution in [3.8, 4) is 11.4 Å². The molecule has 1 saturated heterocycles. The van der Waals surface area contributed by atoms with Gasteiger partial charge in [0.05, 0.1) is 35.2 Å². The first-order chi connectivity index (χ1) is 21.4. The molecule has 0 spiro atoms. The Bertz CT molecular complexity index is 1800. The Labute approximate surface area is 259 Å². The minimum Gasteiger partial charge on any atom is -0.406 e. The fourth-order valence-electron chi connectivity index (χ4n) is 4.35. The Balaban J connectivity index is 1.29. The lowest BCUT2D eigenvalue weighted by atomic mass is 10.0. The highest BCUT2D eigenvalue weighted by Crippen LogP contribution is 2.30. The Hall–Kier alpha value is -4.98. The molecule has 45 heavy (non-hydrogen) atoms. The lowest BCUT2D eigenvalue weighted by Gasteiger charge is -2.12. The number of hydrogen-bond acceptors (Lipinski definition) is 7. The molecule has 3 aromatic carbocycles. The van der Waals surface area contributed by atoms with Crippen molar-refractivity contribution in [1.82, 2.24) is 14.8 Å². The fourth-order valence-corrected chi connectivity index (χ4v) is 5.16. The van der Waals surface area contributed by atoms with Crippen LogP contribution < -0.4 is 10.1 Å². The number of rotatable bonds is 8. The van der Waals surface area contributed by atoms with E-state index in [2.05, 4.69) is 39.1 Å². The highest BCUT2D eigenvalue weighted by molar-refractivity contribution is 8.15. The average molecular weight is 639 g/mol. The Kier molecular flexibility index (Phi) is 9.04. The first-order valence-corrected chi connectivity index (χ1v) is 14.6. The Morgan fingerprint density at radius 2 is 1.84 bits per heavy atom. The molecule has 0 aliphatic carbocycles. The lowest BCUT2D eigenvalue weighted by Crippen LogP contribution is -2.23. The summed E-state index contributed by atoms with van der Waals surface area (Å²) >= 11 is 1.27. The molecular weight excluding hydrogens is 612 g/mol. The number of para-hydroxylation sites is 1. The minimum atomic E-state index is -4.85. The zero-order chi connectivity index (χ0) is 32.3. The van der Waals surface area contributed by atoms with Gasteiger partial charge in [-0.05, 0) is 66.4 Å². The number of halogens is 4. The topological polar surface area (TPSA) is 101 Å². The van der Waals surface area contributed by atoms with Crippen LogP contribution in [0.1, 0.15) is 46.9 Å². The van der Waals surface area contributed by atoms with E-state index in [1.807, 2.05) is 24.3 Å². The second kappa shape index (κ2) is 12.9. The summed E-state index contributed by atoms with van der Waals surface area (Å²) in [6.07, 6.45) is -2.06. The summed E-state index contributed by atoms with van der Waals surface area (Å²) in [6.45, 7) is 5.73. The quantitative estimate of drug-likeness (QED) is 0.163. The van der Waals surface area contributed by atoms with Crippen molar-refractivity contribution in [3.05, 3.63) is 101 Å². The number of hydrogen-bond donors (Lipinski definition) is 1. The molecule has 2 heterocycles. The maximum Gasteiger partial charge on any atom is 0.573 e. The van der Waals surface area contributed by atoms with Crippen LogP contribution in [0.2, 0.25) is 0 Å². The number of amides is 2. The number of hydrazone groups is 1. The van der Waals surface area contributed by atoms with E-state index in [4.69, 9.17) is 0 Å². The summed E-state index contributed by atoms with van der Waals surface area (Å²) in [5, 5.41) is 12.8. The first-order valence-electron chi connectivity index (χ1n) is 13.6. The van der Waals surface area contributed by atoms with Gasteiger partial charge in [-0.15, -0.1) is 13.2 Å². The summed E-state index contributed by atoms with van der Waals surface area (Å²) in [5.74, 6) is -1.53. The molecular formula is C31H26F4N6O3S. The minimum absolute atomic E-state index is 0.0821. The number of nitrogens with zero attached hydrogens (tertiary/aromatic N) is 5. The van der Waals surface area contributed by atoms with Crippen molar-refractivity contribution >= 4 is 46.3 Å². The van der Waals surface area contributed by atoms with Gasteiger partial charge in [0.25, 0.3) is 11.8 Å². The van der Waals surface area contributed by atoms with Crippen LogP contribution in [0.25, 0.3) is 5.69 Å². The highest BCUT2D eigenvalue weighted by atomic mass is 32.2. The van der Waals surface area contributed by atoms with Crippen LogP contribution in [-0.4, -0.2) is 50.1 Å². The number of aromatic nitrogens is 2. The standard InChI is InChI=1S/C31H26F4N6O3S/c1-18(2)23-6-4-5-7-25(23)38-30-41(28(42)17-45-30)36-15-20-8-13-27(24(32)14-20)40-16-26(19(3)39-40)37-29(43)21-9-11-22(12-10-21)44-31(33,34)35/h4-16,18H,17H2,1-3H3,(H,37,43). The van der Waals surface area contributed by atoms with Crippen LogP contribution in [0.4, 0.5) is 28.9 Å². The van der Waals surface area contributed by atoms with Gasteiger partial charge in [0.2, 0.25) is 0 Å². The van der Waals surface area contributed by atoms with Gasteiger partial charge in [-0.3, -0.25) is 9.59 Å². The van der Waals surface area contributed by atoms with Crippen LogP contribution >= 0.6 is 11.8 Å². The second-order valence-electron chi connectivity index (χ2n) is 10.2. The van der Waals surface area contributed by atoms with Crippen molar-refractivity contribution < 1.29 is 31.9 Å². The van der Waals surface area contributed by atoms with E-state index < -0.39 is 23.8 Å². The molecule has 5 rings (SSSR count). The molecule has 0 saturated carbocycles. The van der Waals surface area contributed by atoms with Crippen molar-refractivity contribution in [2.75, 3.05) is 11.1 Å². The summed E-state index contributed by atoms with van der Waals surface area (Å²) < 4.78 is 57.5. The first kappa shape index (κ1) is 31.4. The number of carbonyl (C=O) groups is 2. The van der Waals surface area contributed by atoms with E-state index in [1.165, 1.54) is 58.1 Å². The number of ether oxygens (including phenoxy) is 1. The van der Waals surface area contributed by atoms with E-state index in [1.54, 1.807) is 13.0 Å². The molecule has 0 atom stereocenters. The molecule has 9 nitrogen and oxygen atoms in total. The summed E-state index contributed by atoms with van der Waals surface area (Å²) in [5.41, 5.74) is 3.00. The zero-order valence-electron chi connectivity index (χ0n) is 24.2. The molecule has 2 amide bonds. The number of carbonyl (C=O) groups excluding carboxylic acids is 2. The van der Waals surface area contributed by atoms with Crippen LogP contribution in [-0.2, 0) is 4.79 Å². The number of anilines is 1. The van der Waals surface area contributed by atoms with Crippen molar-refractivity contribution in [3.63, 3.8) is 0 Å². The number of alkyl halides is 3. The summed E-state index contributed by atoms with van der Waals surface area (Å²) in [4.78, 5) is 29.9. The zero-order valence-corrected chi connectivity index (χ0v) is 25.0. The molecule has 1 N–H and O–H groups in total. The van der Waals surface area contributed by atoms with E-state index in [0.717, 1.165) is 23.4 Å². The van der Waals surface area contributed by atoms with E-state index in [0.29, 0.717) is 16.4 Å². The number of benzene rings is 3. The molecule has 4 aromatic rings.